The Hall–Kier alpha value is 0.310. The lowest BCUT2D eigenvalue weighted by atomic mass is 9.65. The zero-order valence-corrected chi connectivity index (χ0v) is 13.6. The fourth-order valence-electron chi connectivity index (χ4n) is 6.00. The topological polar surface area (TPSA) is 26.0 Å². The third-order valence-electron chi connectivity index (χ3n) is 7.02. The Morgan fingerprint density at radius 3 is 2.20 bits per heavy atom. The van der Waals surface area contributed by atoms with Gasteiger partial charge < -0.3 is 5.73 Å². The molecule has 0 aromatic rings. The highest BCUT2D eigenvalue weighted by atomic mass is 32.2. The Morgan fingerprint density at radius 1 is 0.650 bits per heavy atom. The highest BCUT2D eigenvalue weighted by molar-refractivity contribution is 8.00. The van der Waals surface area contributed by atoms with Crippen LogP contribution in [-0.2, 0) is 0 Å². The molecule has 4 aliphatic rings. The molecule has 3 aliphatic carbocycles. The Morgan fingerprint density at radius 2 is 1.35 bits per heavy atom. The van der Waals surface area contributed by atoms with Gasteiger partial charge in [0.1, 0.15) is 0 Å². The van der Waals surface area contributed by atoms with Crippen LogP contribution in [0, 0.1) is 23.7 Å². The Bertz CT molecular complexity index is 344. The molecule has 20 heavy (non-hydrogen) atoms. The summed E-state index contributed by atoms with van der Waals surface area (Å²) in [7, 11) is 0. The Labute approximate surface area is 128 Å². The zero-order valence-electron chi connectivity index (χ0n) is 12.8. The number of nitrogens with two attached hydrogens (primary N) is 1. The molecule has 4 rings (SSSR count). The van der Waals surface area contributed by atoms with Crippen LogP contribution in [0.1, 0.15) is 70.6 Å². The Kier molecular flexibility index (Phi) is 4.07. The molecular formula is C18H31NS. The van der Waals surface area contributed by atoms with Crippen LogP contribution in [0.4, 0.5) is 0 Å². The van der Waals surface area contributed by atoms with Crippen LogP contribution < -0.4 is 5.73 Å². The van der Waals surface area contributed by atoms with Crippen molar-refractivity contribution in [2.45, 2.75) is 87.2 Å². The second kappa shape index (κ2) is 5.83. The lowest BCUT2D eigenvalue weighted by Gasteiger charge is -2.41. The quantitative estimate of drug-likeness (QED) is 0.765. The molecule has 2 heteroatoms. The maximum Gasteiger partial charge on any atom is 0.00840 e. The van der Waals surface area contributed by atoms with Gasteiger partial charge in [-0.3, -0.25) is 0 Å². The average molecular weight is 294 g/mol. The van der Waals surface area contributed by atoms with Crippen LogP contribution in [0.15, 0.2) is 0 Å². The van der Waals surface area contributed by atoms with E-state index in [4.69, 9.17) is 5.73 Å². The number of hydrogen-bond acceptors (Lipinski definition) is 2. The van der Waals surface area contributed by atoms with Crippen molar-refractivity contribution in [2.24, 2.45) is 29.4 Å². The lowest BCUT2D eigenvalue weighted by molar-refractivity contribution is 0.130. The largest absolute Gasteiger partial charge is 0.327 e. The van der Waals surface area contributed by atoms with Crippen molar-refractivity contribution in [3.63, 3.8) is 0 Å². The van der Waals surface area contributed by atoms with Gasteiger partial charge in [0.25, 0.3) is 0 Å². The highest BCUT2D eigenvalue weighted by Crippen LogP contribution is 2.56. The third-order valence-corrected chi connectivity index (χ3v) is 8.84. The van der Waals surface area contributed by atoms with E-state index in [-0.39, 0.29) is 0 Å². The van der Waals surface area contributed by atoms with Gasteiger partial charge in [0, 0.05) is 16.5 Å². The van der Waals surface area contributed by atoms with Gasteiger partial charge in [-0.2, -0.15) is 11.8 Å². The summed E-state index contributed by atoms with van der Waals surface area (Å²) in [6.45, 7) is 0. The molecule has 7 atom stereocenters. The van der Waals surface area contributed by atoms with E-state index in [0.717, 1.165) is 34.2 Å². The van der Waals surface area contributed by atoms with Crippen molar-refractivity contribution in [3.05, 3.63) is 0 Å². The summed E-state index contributed by atoms with van der Waals surface area (Å²) in [5.41, 5.74) is 6.46. The van der Waals surface area contributed by atoms with Crippen molar-refractivity contribution in [3.8, 4) is 0 Å². The van der Waals surface area contributed by atoms with Gasteiger partial charge in [-0.1, -0.05) is 25.7 Å². The van der Waals surface area contributed by atoms with E-state index in [0.29, 0.717) is 6.04 Å². The SMILES string of the molecule is NC1CCCCC1C1CCC2C3CCCCC3S[C@@H]2C1. The lowest BCUT2D eigenvalue weighted by Crippen LogP contribution is -2.41. The minimum absolute atomic E-state index is 0.527. The van der Waals surface area contributed by atoms with Gasteiger partial charge >= 0.3 is 0 Å². The van der Waals surface area contributed by atoms with E-state index >= 15 is 0 Å². The molecule has 0 aromatic carbocycles. The molecular weight excluding hydrogens is 262 g/mol. The monoisotopic (exact) mass is 293 g/mol. The first-order valence-electron chi connectivity index (χ1n) is 9.24. The third kappa shape index (κ3) is 2.45. The molecule has 1 heterocycles. The summed E-state index contributed by atoms with van der Waals surface area (Å²) in [5, 5.41) is 2.05. The first-order valence-corrected chi connectivity index (χ1v) is 10.2. The van der Waals surface area contributed by atoms with Crippen LogP contribution in [0.5, 0.6) is 0 Å². The highest BCUT2D eigenvalue weighted by Gasteiger charge is 2.48. The summed E-state index contributed by atoms with van der Waals surface area (Å²) < 4.78 is 0. The van der Waals surface area contributed by atoms with Crippen molar-refractivity contribution in [1.82, 2.24) is 0 Å². The van der Waals surface area contributed by atoms with E-state index in [1.54, 1.807) is 6.42 Å². The predicted molar refractivity (Wildman–Crippen MR) is 87.9 cm³/mol. The van der Waals surface area contributed by atoms with Crippen LogP contribution >= 0.6 is 11.8 Å². The molecule has 1 aliphatic heterocycles. The molecule has 2 N–H and O–H groups in total. The van der Waals surface area contributed by atoms with E-state index in [1.165, 1.54) is 64.2 Å². The predicted octanol–water partition coefficient (Wildman–Crippen LogP) is 4.59. The number of fused-ring (bicyclic) bond motifs is 3. The first kappa shape index (κ1) is 13.9. The molecule has 0 amide bonds. The van der Waals surface area contributed by atoms with Crippen molar-refractivity contribution < 1.29 is 0 Å². The fraction of sp³-hybridized carbons (Fsp3) is 1.00. The van der Waals surface area contributed by atoms with Crippen molar-refractivity contribution in [2.75, 3.05) is 0 Å². The van der Waals surface area contributed by atoms with E-state index in [9.17, 15) is 0 Å². The summed E-state index contributed by atoms with van der Waals surface area (Å²) in [6.07, 6.45) is 16.2. The number of hydrogen-bond donors (Lipinski definition) is 1. The van der Waals surface area contributed by atoms with Gasteiger partial charge in [-0.25, -0.2) is 0 Å². The van der Waals surface area contributed by atoms with Crippen LogP contribution in [0.25, 0.3) is 0 Å². The van der Waals surface area contributed by atoms with Crippen molar-refractivity contribution >= 4 is 11.8 Å². The summed E-state index contributed by atoms with van der Waals surface area (Å²) >= 11 is 2.41. The average Bonchev–Trinajstić information content (AvgIpc) is 2.85. The molecule has 0 radical (unpaired) electrons. The van der Waals surface area contributed by atoms with Gasteiger partial charge in [0.15, 0.2) is 0 Å². The summed E-state index contributed by atoms with van der Waals surface area (Å²) in [5.74, 6) is 4.02. The minimum Gasteiger partial charge on any atom is -0.327 e. The van der Waals surface area contributed by atoms with Gasteiger partial charge in [0.05, 0.1) is 0 Å². The molecule has 0 spiro atoms. The second-order valence-electron chi connectivity index (χ2n) is 8.01. The van der Waals surface area contributed by atoms with Gasteiger partial charge in [-0.15, -0.1) is 0 Å². The van der Waals surface area contributed by atoms with E-state index < -0.39 is 0 Å². The van der Waals surface area contributed by atoms with Crippen LogP contribution in [0.3, 0.4) is 0 Å². The molecule has 114 valence electrons. The fourth-order valence-corrected chi connectivity index (χ4v) is 8.19. The molecule has 6 unspecified atom stereocenters. The van der Waals surface area contributed by atoms with E-state index in [2.05, 4.69) is 11.8 Å². The number of rotatable bonds is 1. The van der Waals surface area contributed by atoms with Gasteiger partial charge in [-0.05, 0) is 68.6 Å². The molecule has 1 nitrogen and oxygen atoms in total. The second-order valence-corrected chi connectivity index (χ2v) is 9.49. The molecule has 0 bridgehead atoms. The van der Waals surface area contributed by atoms with Crippen LogP contribution in [0.2, 0.25) is 0 Å². The standard InChI is InChI=1S/C18H31NS/c19-16-7-3-1-5-13(16)12-9-10-15-14-6-2-4-8-17(14)20-18(15)11-12/h12-18H,1-11,19H2/t12?,13?,14?,15?,16?,17?,18-/m1/s1. The van der Waals surface area contributed by atoms with Crippen molar-refractivity contribution in [1.29, 1.82) is 0 Å². The summed E-state index contributed by atoms with van der Waals surface area (Å²) in [6, 6.07) is 0.527. The number of thioether (sulfide) groups is 1. The smallest absolute Gasteiger partial charge is 0.00840 e. The minimum atomic E-state index is 0.527. The first-order chi connectivity index (χ1) is 9.83. The van der Waals surface area contributed by atoms with Gasteiger partial charge in [0.2, 0.25) is 0 Å². The summed E-state index contributed by atoms with van der Waals surface area (Å²) in [4.78, 5) is 0. The molecule has 4 fully saturated rings. The maximum absolute atomic E-state index is 6.46. The molecule has 3 saturated carbocycles. The zero-order chi connectivity index (χ0) is 13.5. The normalized spacial score (nSPS) is 52.4. The molecule has 0 aromatic heterocycles. The van der Waals surface area contributed by atoms with E-state index in [1.807, 2.05) is 0 Å². The maximum atomic E-state index is 6.46. The van der Waals surface area contributed by atoms with Crippen LogP contribution in [-0.4, -0.2) is 16.5 Å². The Balaban J connectivity index is 1.42. The molecule has 1 saturated heterocycles.